The highest BCUT2D eigenvalue weighted by Crippen LogP contribution is 2.22. The molecule has 142 valence electrons. The summed E-state index contributed by atoms with van der Waals surface area (Å²) < 4.78 is 0. The van der Waals surface area contributed by atoms with Crippen molar-refractivity contribution in [3.8, 4) is 0 Å². The monoisotopic (exact) mass is 355 g/mol. The molecular weight excluding hydrogens is 322 g/mol. The Labute approximate surface area is 157 Å². The minimum absolute atomic E-state index is 0.766. The van der Waals surface area contributed by atoms with E-state index in [1.54, 1.807) is 0 Å². The second-order valence-corrected chi connectivity index (χ2v) is 7.22. The summed E-state index contributed by atoms with van der Waals surface area (Å²) in [6.07, 6.45) is 8.57. The fourth-order valence-corrected chi connectivity index (χ4v) is 3.84. The molecule has 0 radical (unpaired) electrons. The first-order valence-electron chi connectivity index (χ1n) is 10.1. The third kappa shape index (κ3) is 5.01. The highest BCUT2D eigenvalue weighted by molar-refractivity contribution is 5.83. The molecule has 2 aromatic rings. The second kappa shape index (κ2) is 9.62. The van der Waals surface area contributed by atoms with Crippen LogP contribution in [0.4, 0.5) is 0 Å². The SMILES string of the molecule is CCNC(=NCCN(C)C1CCCC1)NCCc1c[nH]c2ccccc12. The van der Waals surface area contributed by atoms with Crippen LogP contribution in [0.25, 0.3) is 10.9 Å². The van der Waals surface area contributed by atoms with Gasteiger partial charge in [0.2, 0.25) is 0 Å². The maximum atomic E-state index is 4.75. The van der Waals surface area contributed by atoms with E-state index in [9.17, 15) is 0 Å². The van der Waals surface area contributed by atoms with Crippen molar-refractivity contribution in [1.82, 2.24) is 20.5 Å². The molecule has 1 saturated carbocycles. The van der Waals surface area contributed by atoms with Gasteiger partial charge in [0.05, 0.1) is 6.54 Å². The van der Waals surface area contributed by atoms with E-state index >= 15 is 0 Å². The summed E-state index contributed by atoms with van der Waals surface area (Å²) in [5.74, 6) is 0.923. The number of likely N-dealkylation sites (N-methyl/N-ethyl adjacent to an activating group) is 1. The molecule has 26 heavy (non-hydrogen) atoms. The standard InChI is InChI=1S/C21H33N5/c1-3-22-21(24-14-15-26(2)18-8-4-5-9-18)23-13-12-17-16-25-20-11-7-6-10-19(17)20/h6-7,10-11,16,18,25H,3-5,8-9,12-15H2,1-2H3,(H2,22,23,24). The molecule has 1 aliphatic rings. The van der Waals surface area contributed by atoms with Crippen LogP contribution in [0.2, 0.25) is 0 Å². The van der Waals surface area contributed by atoms with Crippen molar-refractivity contribution >= 4 is 16.9 Å². The molecule has 0 unspecified atom stereocenters. The number of hydrogen-bond donors (Lipinski definition) is 3. The van der Waals surface area contributed by atoms with E-state index in [4.69, 9.17) is 4.99 Å². The van der Waals surface area contributed by atoms with Gasteiger partial charge >= 0.3 is 0 Å². The van der Waals surface area contributed by atoms with Gasteiger partial charge in [0.25, 0.3) is 0 Å². The van der Waals surface area contributed by atoms with Crippen LogP contribution < -0.4 is 10.6 Å². The Kier molecular flexibility index (Phi) is 6.95. The lowest BCUT2D eigenvalue weighted by Crippen LogP contribution is -2.39. The zero-order valence-electron chi connectivity index (χ0n) is 16.2. The Bertz CT molecular complexity index is 699. The molecule has 5 heteroatoms. The third-order valence-corrected chi connectivity index (χ3v) is 5.38. The molecule has 5 nitrogen and oxygen atoms in total. The number of guanidine groups is 1. The number of nitrogens with one attached hydrogen (secondary N) is 3. The maximum absolute atomic E-state index is 4.75. The molecule has 0 spiro atoms. The average molecular weight is 356 g/mol. The van der Waals surface area contributed by atoms with Crippen LogP contribution in [-0.4, -0.2) is 55.1 Å². The quantitative estimate of drug-likeness (QED) is 0.504. The summed E-state index contributed by atoms with van der Waals surface area (Å²) in [4.78, 5) is 10.6. The van der Waals surface area contributed by atoms with Gasteiger partial charge in [-0.2, -0.15) is 0 Å². The van der Waals surface area contributed by atoms with Crippen molar-refractivity contribution in [3.05, 3.63) is 36.0 Å². The Balaban J connectivity index is 1.46. The molecule has 1 fully saturated rings. The van der Waals surface area contributed by atoms with Crippen LogP contribution >= 0.6 is 0 Å². The fourth-order valence-electron chi connectivity index (χ4n) is 3.84. The molecule has 0 aliphatic heterocycles. The van der Waals surface area contributed by atoms with Gasteiger partial charge in [-0.3, -0.25) is 4.99 Å². The summed E-state index contributed by atoms with van der Waals surface area (Å²) >= 11 is 0. The van der Waals surface area contributed by atoms with E-state index in [1.807, 2.05) is 0 Å². The molecule has 3 rings (SSSR count). The first-order valence-corrected chi connectivity index (χ1v) is 10.1. The average Bonchev–Trinajstić information content (AvgIpc) is 3.32. The summed E-state index contributed by atoms with van der Waals surface area (Å²) in [6.45, 7) is 5.75. The van der Waals surface area contributed by atoms with Crippen LogP contribution in [0.3, 0.4) is 0 Å². The predicted molar refractivity (Wildman–Crippen MR) is 111 cm³/mol. The molecule has 1 aromatic carbocycles. The normalized spacial score (nSPS) is 15.9. The van der Waals surface area contributed by atoms with Crippen molar-refractivity contribution in [1.29, 1.82) is 0 Å². The summed E-state index contributed by atoms with van der Waals surface area (Å²) in [5, 5.41) is 8.14. The summed E-state index contributed by atoms with van der Waals surface area (Å²) in [6, 6.07) is 9.24. The van der Waals surface area contributed by atoms with Gasteiger partial charge in [0.1, 0.15) is 0 Å². The Morgan fingerprint density at radius 1 is 1.23 bits per heavy atom. The van der Waals surface area contributed by atoms with Crippen molar-refractivity contribution in [2.45, 2.75) is 45.1 Å². The molecule has 0 amide bonds. The van der Waals surface area contributed by atoms with Gasteiger partial charge in [0, 0.05) is 42.8 Å². The number of aromatic nitrogens is 1. The smallest absolute Gasteiger partial charge is 0.191 e. The number of aliphatic imine (C=N–C) groups is 1. The van der Waals surface area contributed by atoms with Crippen molar-refractivity contribution in [3.63, 3.8) is 0 Å². The largest absolute Gasteiger partial charge is 0.361 e. The molecule has 0 atom stereocenters. The lowest BCUT2D eigenvalue weighted by molar-refractivity contribution is 0.252. The maximum Gasteiger partial charge on any atom is 0.191 e. The number of fused-ring (bicyclic) bond motifs is 1. The van der Waals surface area contributed by atoms with Gasteiger partial charge in [-0.05, 0) is 44.9 Å². The molecule has 1 heterocycles. The van der Waals surface area contributed by atoms with E-state index in [1.165, 1.54) is 42.1 Å². The molecule has 1 aromatic heterocycles. The van der Waals surface area contributed by atoms with Crippen LogP contribution in [0.1, 0.15) is 38.2 Å². The number of rotatable bonds is 8. The van der Waals surface area contributed by atoms with Gasteiger partial charge < -0.3 is 20.5 Å². The van der Waals surface area contributed by atoms with Crippen LogP contribution in [0.15, 0.2) is 35.5 Å². The molecule has 3 N–H and O–H groups in total. The summed E-state index contributed by atoms with van der Waals surface area (Å²) in [7, 11) is 2.24. The Morgan fingerprint density at radius 2 is 2.04 bits per heavy atom. The van der Waals surface area contributed by atoms with Gasteiger partial charge in [0.15, 0.2) is 5.96 Å². The van der Waals surface area contributed by atoms with Crippen LogP contribution in [0, 0.1) is 0 Å². The minimum atomic E-state index is 0.766. The Hall–Kier alpha value is -2.01. The lowest BCUT2D eigenvalue weighted by atomic mass is 10.1. The van der Waals surface area contributed by atoms with Gasteiger partial charge in [-0.25, -0.2) is 0 Å². The first-order chi connectivity index (χ1) is 12.8. The van der Waals surface area contributed by atoms with Crippen molar-refractivity contribution in [2.24, 2.45) is 4.99 Å². The summed E-state index contributed by atoms with van der Waals surface area (Å²) in [5.41, 5.74) is 2.56. The van der Waals surface area contributed by atoms with Crippen molar-refractivity contribution < 1.29 is 0 Å². The molecule has 1 aliphatic carbocycles. The number of benzene rings is 1. The zero-order chi connectivity index (χ0) is 18.2. The second-order valence-electron chi connectivity index (χ2n) is 7.22. The Morgan fingerprint density at radius 3 is 2.85 bits per heavy atom. The highest BCUT2D eigenvalue weighted by Gasteiger charge is 2.18. The topological polar surface area (TPSA) is 55.5 Å². The van der Waals surface area contributed by atoms with Gasteiger partial charge in [-0.1, -0.05) is 31.0 Å². The number of aromatic amines is 1. The molecular formula is C21H33N5. The highest BCUT2D eigenvalue weighted by atomic mass is 15.2. The number of para-hydroxylation sites is 1. The number of hydrogen-bond acceptors (Lipinski definition) is 2. The van der Waals surface area contributed by atoms with Crippen LogP contribution in [-0.2, 0) is 6.42 Å². The number of H-pyrrole nitrogens is 1. The minimum Gasteiger partial charge on any atom is -0.361 e. The van der Waals surface area contributed by atoms with E-state index in [0.717, 1.165) is 44.6 Å². The molecule has 0 saturated heterocycles. The predicted octanol–water partition coefficient (Wildman–Crippen LogP) is 3.14. The fraction of sp³-hybridized carbons (Fsp3) is 0.571. The van der Waals surface area contributed by atoms with E-state index < -0.39 is 0 Å². The van der Waals surface area contributed by atoms with Crippen LogP contribution in [0.5, 0.6) is 0 Å². The number of nitrogens with zero attached hydrogens (tertiary/aromatic N) is 2. The third-order valence-electron chi connectivity index (χ3n) is 5.38. The zero-order valence-corrected chi connectivity index (χ0v) is 16.2. The molecule has 0 bridgehead atoms. The van der Waals surface area contributed by atoms with E-state index in [2.05, 4.69) is 65.0 Å². The van der Waals surface area contributed by atoms with Gasteiger partial charge in [-0.15, -0.1) is 0 Å². The first kappa shape index (κ1) is 18.8. The van der Waals surface area contributed by atoms with E-state index in [0.29, 0.717) is 0 Å². The van der Waals surface area contributed by atoms with E-state index in [-0.39, 0.29) is 0 Å². The lowest BCUT2D eigenvalue weighted by Gasteiger charge is -2.23. The van der Waals surface area contributed by atoms with Crippen molar-refractivity contribution in [2.75, 3.05) is 33.2 Å².